The Hall–Kier alpha value is -2.83. The van der Waals surface area contributed by atoms with Gasteiger partial charge in [-0.25, -0.2) is 9.69 Å². The summed E-state index contributed by atoms with van der Waals surface area (Å²) in [6.45, 7) is 0.558. The Morgan fingerprint density at radius 1 is 1.26 bits per heavy atom. The normalized spacial score (nSPS) is 18.4. The maximum Gasteiger partial charge on any atom is 0.417 e. The molecule has 2 aliphatic rings. The Morgan fingerprint density at radius 3 is 2.78 bits per heavy atom. The zero-order valence-corrected chi connectivity index (χ0v) is 12.3. The molecule has 0 atom stereocenters. The Kier molecular flexibility index (Phi) is 3.07. The van der Waals surface area contributed by atoms with Gasteiger partial charge in [-0.1, -0.05) is 18.2 Å². The number of aromatic nitrogens is 1. The van der Waals surface area contributed by atoms with Crippen molar-refractivity contribution in [3.05, 3.63) is 36.0 Å². The number of likely N-dealkylation sites (tertiary alicyclic amines) is 1. The smallest absolute Gasteiger partial charge is 0.417 e. The van der Waals surface area contributed by atoms with Crippen LogP contribution in [0.25, 0.3) is 10.9 Å². The molecule has 1 aromatic heterocycles. The highest BCUT2D eigenvalue weighted by molar-refractivity contribution is 5.98. The van der Waals surface area contributed by atoms with E-state index in [1.807, 2.05) is 30.5 Å². The molecule has 2 aliphatic heterocycles. The zero-order chi connectivity index (χ0) is 16.0. The fourth-order valence-corrected chi connectivity index (χ4v) is 3.09. The lowest BCUT2D eigenvalue weighted by atomic mass is 10.0. The van der Waals surface area contributed by atoms with Crippen LogP contribution >= 0.6 is 0 Å². The number of rotatable bonds is 3. The third kappa shape index (κ3) is 2.25. The van der Waals surface area contributed by atoms with Gasteiger partial charge in [-0.2, -0.15) is 0 Å². The van der Waals surface area contributed by atoms with E-state index in [1.165, 1.54) is 0 Å². The largest absolute Gasteiger partial charge is 0.439 e. The molecule has 4 rings (SSSR count). The summed E-state index contributed by atoms with van der Waals surface area (Å²) in [6, 6.07) is 7.56. The van der Waals surface area contributed by atoms with Crippen molar-refractivity contribution < 1.29 is 19.1 Å². The van der Waals surface area contributed by atoms with Crippen molar-refractivity contribution >= 4 is 28.8 Å². The molecule has 23 heavy (non-hydrogen) atoms. The molecule has 0 unspecified atom stereocenters. The molecule has 0 bridgehead atoms. The lowest BCUT2D eigenvalue weighted by Gasteiger charge is -2.42. The van der Waals surface area contributed by atoms with Gasteiger partial charge < -0.3 is 14.6 Å². The summed E-state index contributed by atoms with van der Waals surface area (Å²) in [5, 5.41) is 1.04. The number of imide groups is 1. The number of H-pyrrole nitrogens is 1. The molecule has 118 valence electrons. The Balaban J connectivity index is 1.40. The average Bonchev–Trinajstić information content (AvgIpc) is 3.04. The van der Waals surface area contributed by atoms with Crippen LogP contribution in [0.1, 0.15) is 5.56 Å². The third-order valence-electron chi connectivity index (χ3n) is 4.38. The predicted molar refractivity (Wildman–Crippen MR) is 80.6 cm³/mol. The number of para-hydroxylation sites is 1. The first-order chi connectivity index (χ1) is 11.1. The van der Waals surface area contributed by atoms with Gasteiger partial charge >= 0.3 is 6.09 Å². The zero-order valence-electron chi connectivity index (χ0n) is 12.3. The molecule has 1 N–H and O–H groups in total. The molecule has 0 aliphatic carbocycles. The molecule has 0 spiro atoms. The van der Waals surface area contributed by atoms with E-state index in [0.717, 1.165) is 21.4 Å². The maximum atomic E-state index is 12.4. The van der Waals surface area contributed by atoms with Gasteiger partial charge in [-0.15, -0.1) is 0 Å². The SMILES string of the molecule is O=C(Cc1c[nH]c2ccccc12)N1CC(N2C(=O)COC2=O)C1. The Morgan fingerprint density at radius 2 is 2.04 bits per heavy atom. The number of fused-ring (bicyclic) bond motifs is 1. The summed E-state index contributed by atoms with van der Waals surface area (Å²) in [5.74, 6) is -0.338. The van der Waals surface area contributed by atoms with Gasteiger partial charge in [0.25, 0.3) is 5.91 Å². The average molecular weight is 313 g/mol. The fraction of sp³-hybridized carbons (Fsp3) is 0.312. The summed E-state index contributed by atoms with van der Waals surface area (Å²) >= 11 is 0. The maximum absolute atomic E-state index is 12.4. The molecule has 3 amide bonds. The number of carbonyl (C=O) groups excluding carboxylic acids is 3. The van der Waals surface area contributed by atoms with Gasteiger partial charge in [0.2, 0.25) is 5.91 Å². The standard InChI is InChI=1S/C16H15N3O4/c20-14(5-10-6-17-13-4-2-1-3-12(10)13)18-7-11(8-18)19-15(21)9-23-16(19)22/h1-4,6,11,17H,5,7-9H2. The first-order valence-electron chi connectivity index (χ1n) is 7.45. The Bertz CT molecular complexity index is 791. The second kappa shape index (κ2) is 5.12. The van der Waals surface area contributed by atoms with E-state index in [2.05, 4.69) is 4.98 Å². The summed E-state index contributed by atoms with van der Waals surface area (Å²) < 4.78 is 4.69. The van der Waals surface area contributed by atoms with Gasteiger partial charge in [-0.3, -0.25) is 9.59 Å². The van der Waals surface area contributed by atoms with Crippen molar-refractivity contribution in [2.75, 3.05) is 19.7 Å². The third-order valence-corrected chi connectivity index (χ3v) is 4.38. The van der Waals surface area contributed by atoms with Gasteiger partial charge in [0.15, 0.2) is 6.61 Å². The van der Waals surface area contributed by atoms with Crippen LogP contribution < -0.4 is 0 Å². The van der Waals surface area contributed by atoms with Crippen molar-refractivity contribution in [3.8, 4) is 0 Å². The number of aromatic amines is 1. The summed E-state index contributed by atoms with van der Waals surface area (Å²) in [7, 11) is 0. The molecule has 0 radical (unpaired) electrons. The van der Waals surface area contributed by atoms with Gasteiger partial charge in [0, 0.05) is 30.2 Å². The lowest BCUT2D eigenvalue weighted by Crippen LogP contribution is -2.62. The number of hydrogen-bond donors (Lipinski definition) is 1. The highest BCUT2D eigenvalue weighted by atomic mass is 16.6. The number of nitrogens with one attached hydrogen (secondary N) is 1. The van der Waals surface area contributed by atoms with Crippen molar-refractivity contribution in [2.24, 2.45) is 0 Å². The molecule has 2 aromatic rings. The van der Waals surface area contributed by atoms with Crippen LogP contribution in [0.4, 0.5) is 4.79 Å². The van der Waals surface area contributed by atoms with Gasteiger partial charge in [-0.05, 0) is 11.6 Å². The quantitative estimate of drug-likeness (QED) is 0.912. The lowest BCUT2D eigenvalue weighted by molar-refractivity contribution is -0.141. The molecule has 2 fully saturated rings. The highest BCUT2D eigenvalue weighted by Crippen LogP contribution is 2.23. The van der Waals surface area contributed by atoms with Crippen LogP contribution in [0.5, 0.6) is 0 Å². The molecular weight excluding hydrogens is 298 g/mol. The highest BCUT2D eigenvalue weighted by Gasteiger charge is 2.44. The van der Waals surface area contributed by atoms with E-state index in [4.69, 9.17) is 4.74 Å². The molecule has 1 aromatic carbocycles. The monoisotopic (exact) mass is 313 g/mol. The minimum absolute atomic E-state index is 0.00832. The molecule has 0 saturated carbocycles. The van der Waals surface area contributed by atoms with E-state index in [0.29, 0.717) is 19.5 Å². The molecule has 7 nitrogen and oxygen atoms in total. The Labute approximate surface area is 131 Å². The first-order valence-corrected chi connectivity index (χ1v) is 7.45. The molecule has 2 saturated heterocycles. The number of nitrogens with zero attached hydrogens (tertiary/aromatic N) is 2. The van der Waals surface area contributed by atoms with E-state index < -0.39 is 6.09 Å². The second-order valence-electron chi connectivity index (χ2n) is 5.81. The summed E-state index contributed by atoms with van der Waals surface area (Å²) in [5.41, 5.74) is 1.95. The van der Waals surface area contributed by atoms with Crippen molar-refractivity contribution in [1.82, 2.24) is 14.8 Å². The number of benzene rings is 1. The minimum Gasteiger partial charge on any atom is -0.439 e. The predicted octanol–water partition coefficient (Wildman–Crippen LogP) is 0.900. The van der Waals surface area contributed by atoms with E-state index in [9.17, 15) is 14.4 Å². The van der Waals surface area contributed by atoms with Crippen LogP contribution in [-0.4, -0.2) is 58.4 Å². The van der Waals surface area contributed by atoms with E-state index >= 15 is 0 Å². The van der Waals surface area contributed by atoms with Crippen molar-refractivity contribution in [2.45, 2.75) is 12.5 Å². The van der Waals surface area contributed by atoms with Crippen LogP contribution in [0.2, 0.25) is 0 Å². The first kappa shape index (κ1) is 13.8. The van der Waals surface area contributed by atoms with Crippen LogP contribution in [0.3, 0.4) is 0 Å². The van der Waals surface area contributed by atoms with Crippen LogP contribution in [-0.2, 0) is 20.7 Å². The van der Waals surface area contributed by atoms with Crippen molar-refractivity contribution in [3.63, 3.8) is 0 Å². The minimum atomic E-state index is -0.608. The molecule has 7 heteroatoms. The summed E-state index contributed by atoms with van der Waals surface area (Å²) in [6.07, 6.45) is 1.54. The summed E-state index contributed by atoms with van der Waals surface area (Å²) in [4.78, 5) is 41.3. The van der Waals surface area contributed by atoms with E-state index in [1.54, 1.807) is 4.90 Å². The number of ether oxygens (including phenoxy) is 1. The molecule has 3 heterocycles. The van der Waals surface area contributed by atoms with Crippen molar-refractivity contribution in [1.29, 1.82) is 0 Å². The van der Waals surface area contributed by atoms with Crippen LogP contribution in [0.15, 0.2) is 30.5 Å². The number of carbonyl (C=O) groups is 3. The van der Waals surface area contributed by atoms with Crippen LogP contribution in [0, 0.1) is 0 Å². The van der Waals surface area contributed by atoms with Gasteiger partial charge in [0.1, 0.15) is 0 Å². The topological polar surface area (TPSA) is 82.7 Å². The molecular formula is C16H15N3O4. The van der Waals surface area contributed by atoms with E-state index in [-0.39, 0.29) is 24.5 Å². The number of amides is 3. The van der Waals surface area contributed by atoms with Gasteiger partial charge in [0.05, 0.1) is 12.5 Å². The second-order valence-corrected chi connectivity index (χ2v) is 5.81. The fourth-order valence-electron chi connectivity index (χ4n) is 3.09. The number of cyclic esters (lactones) is 1. The number of hydrogen-bond acceptors (Lipinski definition) is 4.